The van der Waals surface area contributed by atoms with Crippen LogP contribution < -0.4 is 0 Å². The van der Waals surface area contributed by atoms with E-state index in [2.05, 4.69) is 11.6 Å². The minimum atomic E-state index is 1.03. The lowest BCUT2D eigenvalue weighted by molar-refractivity contribution is 1.43. The molecule has 0 aliphatic rings. The molecule has 0 rings (SSSR count). The van der Waals surface area contributed by atoms with Crippen LogP contribution in [-0.4, -0.2) is 19.0 Å². The van der Waals surface area contributed by atoms with E-state index in [0.29, 0.717) is 0 Å². The third kappa shape index (κ3) is 4.97. The van der Waals surface area contributed by atoms with E-state index in [1.165, 1.54) is 4.91 Å². The molecule has 0 unspecified atom stereocenters. The molecule has 0 aromatic heterocycles. The molecule has 1 nitrogen and oxygen atoms in total. The number of nitrogens with zero attached hydrogens (tertiary/aromatic N) is 1. The first-order chi connectivity index (χ1) is 5.74. The lowest BCUT2D eigenvalue weighted by Crippen LogP contribution is -1.82. The van der Waals surface area contributed by atoms with Gasteiger partial charge >= 0.3 is 0 Å². The second-order valence-corrected chi connectivity index (χ2v) is 3.09. The van der Waals surface area contributed by atoms with Crippen LogP contribution in [0, 0.1) is 0 Å². The Morgan fingerprint density at radius 2 is 2.08 bits per heavy atom. The highest BCUT2D eigenvalue weighted by molar-refractivity contribution is 8.02. The fourth-order valence-corrected chi connectivity index (χ4v) is 1.02. The van der Waals surface area contributed by atoms with Gasteiger partial charge in [0.15, 0.2) is 0 Å². The Morgan fingerprint density at radius 3 is 2.50 bits per heavy atom. The molecule has 0 bridgehead atoms. The van der Waals surface area contributed by atoms with Gasteiger partial charge in [0.2, 0.25) is 0 Å². The number of thioether (sulfide) groups is 1. The molecule has 66 valence electrons. The predicted molar refractivity (Wildman–Crippen MR) is 60.0 cm³/mol. The zero-order valence-electron chi connectivity index (χ0n) is 7.87. The van der Waals surface area contributed by atoms with Gasteiger partial charge in [0.25, 0.3) is 0 Å². The summed E-state index contributed by atoms with van der Waals surface area (Å²) in [5.41, 5.74) is 1.03. The summed E-state index contributed by atoms with van der Waals surface area (Å²) < 4.78 is 0. The fourth-order valence-electron chi connectivity index (χ4n) is 0.585. The summed E-state index contributed by atoms with van der Waals surface area (Å²) in [5, 5.41) is 0. The summed E-state index contributed by atoms with van der Waals surface area (Å²) in [4.78, 5) is 5.21. The van der Waals surface area contributed by atoms with Crippen LogP contribution >= 0.6 is 11.8 Å². The molecule has 0 aromatic carbocycles. The Hall–Kier alpha value is -0.760. The summed E-state index contributed by atoms with van der Waals surface area (Å²) in [6, 6.07) is 0. The van der Waals surface area contributed by atoms with Crippen molar-refractivity contribution in [1.29, 1.82) is 0 Å². The third-order valence-electron chi connectivity index (χ3n) is 1.36. The molecule has 0 saturated heterocycles. The lowest BCUT2D eigenvalue weighted by atomic mass is 10.3. The molecule has 0 radical (unpaired) electrons. The SMILES string of the molecule is C=C/C=C(/C=C/C(C)=NC)SC. The van der Waals surface area contributed by atoms with Crippen molar-refractivity contribution in [2.24, 2.45) is 4.99 Å². The zero-order chi connectivity index (χ0) is 9.40. The number of aliphatic imine (C=N–C) groups is 1. The van der Waals surface area contributed by atoms with Gasteiger partial charge in [0, 0.05) is 17.7 Å². The number of hydrogen-bond donors (Lipinski definition) is 0. The quantitative estimate of drug-likeness (QED) is 0.479. The highest BCUT2D eigenvalue weighted by Crippen LogP contribution is 2.12. The smallest absolute Gasteiger partial charge is 0.0314 e. The molecule has 0 saturated carbocycles. The second-order valence-electron chi connectivity index (χ2n) is 2.21. The average Bonchev–Trinajstić information content (AvgIpc) is 2.11. The van der Waals surface area contributed by atoms with Crippen LogP contribution in [0.4, 0.5) is 0 Å². The van der Waals surface area contributed by atoms with Gasteiger partial charge in [-0.2, -0.15) is 0 Å². The van der Waals surface area contributed by atoms with Gasteiger partial charge in [-0.1, -0.05) is 12.7 Å². The van der Waals surface area contributed by atoms with Crippen LogP contribution in [0.25, 0.3) is 0 Å². The topological polar surface area (TPSA) is 12.4 Å². The third-order valence-corrected chi connectivity index (χ3v) is 2.10. The summed E-state index contributed by atoms with van der Waals surface area (Å²) in [6.45, 7) is 5.62. The van der Waals surface area contributed by atoms with Crippen LogP contribution in [0.3, 0.4) is 0 Å². The van der Waals surface area contributed by atoms with Crippen LogP contribution in [-0.2, 0) is 0 Å². The number of allylic oxidation sites excluding steroid dienone is 4. The van der Waals surface area contributed by atoms with Crippen molar-refractivity contribution >= 4 is 17.5 Å². The van der Waals surface area contributed by atoms with E-state index in [1.54, 1.807) is 24.9 Å². The van der Waals surface area contributed by atoms with Gasteiger partial charge < -0.3 is 0 Å². The van der Waals surface area contributed by atoms with Gasteiger partial charge in [-0.15, -0.1) is 11.8 Å². The number of hydrogen-bond acceptors (Lipinski definition) is 2. The monoisotopic (exact) mass is 181 g/mol. The fraction of sp³-hybridized carbons (Fsp3) is 0.300. The van der Waals surface area contributed by atoms with Crippen molar-refractivity contribution < 1.29 is 0 Å². The van der Waals surface area contributed by atoms with Gasteiger partial charge in [0.1, 0.15) is 0 Å². The summed E-state index contributed by atoms with van der Waals surface area (Å²) in [5.74, 6) is 0. The molecule has 0 aliphatic carbocycles. The van der Waals surface area contributed by atoms with Crippen molar-refractivity contribution in [3.8, 4) is 0 Å². The van der Waals surface area contributed by atoms with Gasteiger partial charge in [-0.25, -0.2) is 0 Å². The van der Waals surface area contributed by atoms with Crippen molar-refractivity contribution in [2.45, 2.75) is 6.92 Å². The normalized spacial score (nSPS) is 13.9. The Morgan fingerprint density at radius 1 is 1.42 bits per heavy atom. The molecule has 0 aliphatic heterocycles. The minimum Gasteiger partial charge on any atom is -0.293 e. The Balaban J connectivity index is 4.30. The van der Waals surface area contributed by atoms with E-state index in [1.807, 2.05) is 31.4 Å². The van der Waals surface area contributed by atoms with Gasteiger partial charge in [-0.05, 0) is 31.4 Å². The molecular formula is C10H15NS. The Bertz CT molecular complexity index is 224. The molecule has 0 amide bonds. The van der Waals surface area contributed by atoms with Gasteiger partial charge in [0.05, 0.1) is 0 Å². The van der Waals surface area contributed by atoms with E-state index in [-0.39, 0.29) is 0 Å². The van der Waals surface area contributed by atoms with Crippen LogP contribution in [0.5, 0.6) is 0 Å². The molecule has 0 atom stereocenters. The van der Waals surface area contributed by atoms with Crippen molar-refractivity contribution in [1.82, 2.24) is 0 Å². The van der Waals surface area contributed by atoms with Crippen molar-refractivity contribution in [2.75, 3.05) is 13.3 Å². The lowest BCUT2D eigenvalue weighted by Gasteiger charge is -1.93. The van der Waals surface area contributed by atoms with E-state index in [0.717, 1.165) is 5.71 Å². The highest BCUT2D eigenvalue weighted by atomic mass is 32.2. The second kappa shape index (κ2) is 6.92. The van der Waals surface area contributed by atoms with E-state index < -0.39 is 0 Å². The molecule has 2 heteroatoms. The maximum absolute atomic E-state index is 4.02. The molecule has 0 heterocycles. The molecule has 12 heavy (non-hydrogen) atoms. The van der Waals surface area contributed by atoms with Crippen molar-refractivity contribution in [3.63, 3.8) is 0 Å². The molecule has 0 aromatic rings. The van der Waals surface area contributed by atoms with E-state index in [9.17, 15) is 0 Å². The molecule has 0 N–H and O–H groups in total. The number of rotatable bonds is 4. The Labute approximate surface area is 79.0 Å². The molecule has 0 spiro atoms. The first kappa shape index (κ1) is 11.2. The Kier molecular flexibility index (Phi) is 6.48. The average molecular weight is 181 g/mol. The molecule has 0 fully saturated rings. The standard InChI is InChI=1S/C10H15NS/c1-5-6-10(12-4)8-7-9(2)11-3/h5-8H,1H2,2-4H3/b8-7+,10-6-,11-9?. The summed E-state index contributed by atoms with van der Waals surface area (Å²) >= 11 is 1.70. The largest absolute Gasteiger partial charge is 0.293 e. The highest BCUT2D eigenvalue weighted by Gasteiger charge is 1.86. The molecular weight excluding hydrogens is 166 g/mol. The van der Waals surface area contributed by atoms with Gasteiger partial charge in [-0.3, -0.25) is 4.99 Å². The summed E-state index contributed by atoms with van der Waals surface area (Å²) in [6.07, 6.45) is 9.83. The van der Waals surface area contributed by atoms with Crippen molar-refractivity contribution in [3.05, 3.63) is 35.8 Å². The minimum absolute atomic E-state index is 1.03. The maximum atomic E-state index is 4.02. The van der Waals surface area contributed by atoms with E-state index >= 15 is 0 Å². The van der Waals surface area contributed by atoms with Crippen LogP contribution in [0.2, 0.25) is 0 Å². The zero-order valence-corrected chi connectivity index (χ0v) is 8.69. The maximum Gasteiger partial charge on any atom is 0.0314 e. The van der Waals surface area contributed by atoms with E-state index in [4.69, 9.17) is 0 Å². The summed E-state index contributed by atoms with van der Waals surface area (Å²) in [7, 11) is 1.79. The van der Waals surface area contributed by atoms with Crippen LogP contribution in [0.15, 0.2) is 40.8 Å². The van der Waals surface area contributed by atoms with Crippen LogP contribution in [0.1, 0.15) is 6.92 Å². The first-order valence-electron chi connectivity index (χ1n) is 3.72. The first-order valence-corrected chi connectivity index (χ1v) is 4.95. The predicted octanol–water partition coefficient (Wildman–Crippen LogP) is 3.07.